The van der Waals surface area contributed by atoms with E-state index >= 15 is 0 Å². The van der Waals surface area contributed by atoms with Gasteiger partial charge in [-0.15, -0.1) is 0 Å². The number of methoxy groups -OCH3 is 1. The van der Waals surface area contributed by atoms with Crippen molar-refractivity contribution < 1.29 is 14.3 Å². The molecule has 140 valence electrons. The first-order chi connectivity index (χ1) is 12.1. The third-order valence-electron chi connectivity index (χ3n) is 4.48. The van der Waals surface area contributed by atoms with E-state index in [1.54, 1.807) is 12.0 Å². The first kappa shape index (κ1) is 19.5. The van der Waals surface area contributed by atoms with E-state index in [0.29, 0.717) is 30.6 Å². The summed E-state index contributed by atoms with van der Waals surface area (Å²) in [5.74, 6) is 1.23. The van der Waals surface area contributed by atoms with Gasteiger partial charge in [0, 0.05) is 40.3 Å². The van der Waals surface area contributed by atoms with E-state index in [1.165, 1.54) is 12.8 Å². The second-order valence-electron chi connectivity index (χ2n) is 6.77. The van der Waals surface area contributed by atoms with Crippen LogP contribution in [0, 0.1) is 5.92 Å². The molecule has 1 fully saturated rings. The summed E-state index contributed by atoms with van der Waals surface area (Å²) in [6, 6.07) is 7.45. The minimum Gasteiger partial charge on any atom is -0.491 e. The topological polar surface area (TPSA) is 54.0 Å². The maximum atomic E-state index is 12.5. The number of urea groups is 1. The molecule has 1 N–H and O–H groups in total. The maximum absolute atomic E-state index is 12.5. The number of nitrogens with zero attached hydrogens (tertiary/aromatic N) is 2. The molecule has 1 aromatic rings. The van der Waals surface area contributed by atoms with Crippen LogP contribution in [0.2, 0.25) is 0 Å². The predicted molar refractivity (Wildman–Crippen MR) is 100 cm³/mol. The number of ether oxygens (including phenoxy) is 2. The monoisotopic (exact) mass is 349 g/mol. The van der Waals surface area contributed by atoms with Crippen LogP contribution in [0.3, 0.4) is 0 Å². The molecule has 2 amide bonds. The second kappa shape index (κ2) is 10.3. The molecule has 1 aliphatic heterocycles. The Balaban J connectivity index is 1.86. The van der Waals surface area contributed by atoms with Crippen LogP contribution in [0.1, 0.15) is 19.3 Å². The zero-order chi connectivity index (χ0) is 18.1. The average molecular weight is 349 g/mol. The molecule has 1 heterocycles. The number of hydrogen-bond acceptors (Lipinski definition) is 4. The second-order valence-corrected chi connectivity index (χ2v) is 6.77. The molecule has 0 aliphatic carbocycles. The average Bonchev–Trinajstić information content (AvgIpc) is 2.60. The van der Waals surface area contributed by atoms with Crippen LogP contribution >= 0.6 is 0 Å². The van der Waals surface area contributed by atoms with E-state index in [0.717, 1.165) is 26.1 Å². The molecule has 1 aromatic carbocycles. The van der Waals surface area contributed by atoms with E-state index in [4.69, 9.17) is 9.47 Å². The van der Waals surface area contributed by atoms with Gasteiger partial charge in [0.2, 0.25) is 0 Å². The van der Waals surface area contributed by atoms with Crippen molar-refractivity contribution in [1.82, 2.24) is 9.80 Å². The van der Waals surface area contributed by atoms with Gasteiger partial charge in [-0.1, -0.05) is 12.1 Å². The molecule has 1 unspecified atom stereocenters. The highest BCUT2D eigenvalue weighted by molar-refractivity contribution is 5.90. The molecule has 0 spiro atoms. The summed E-state index contributed by atoms with van der Waals surface area (Å²) in [5, 5.41) is 2.97. The van der Waals surface area contributed by atoms with Crippen LogP contribution in [0.15, 0.2) is 24.3 Å². The van der Waals surface area contributed by atoms with Gasteiger partial charge < -0.3 is 24.6 Å². The number of rotatable bonds is 8. The molecule has 0 aromatic heterocycles. The molecule has 6 heteroatoms. The maximum Gasteiger partial charge on any atom is 0.321 e. The Morgan fingerprint density at radius 3 is 2.92 bits per heavy atom. The fraction of sp³-hybridized carbons (Fsp3) is 0.632. The van der Waals surface area contributed by atoms with Crippen LogP contribution in [-0.4, -0.2) is 69.9 Å². The van der Waals surface area contributed by atoms with Crippen molar-refractivity contribution in [3.63, 3.8) is 0 Å². The number of piperidine rings is 1. The minimum absolute atomic E-state index is 0.0961. The number of nitrogens with one attached hydrogen (secondary N) is 1. The van der Waals surface area contributed by atoms with Crippen LogP contribution in [0.25, 0.3) is 0 Å². The van der Waals surface area contributed by atoms with Crippen LogP contribution < -0.4 is 10.1 Å². The number of likely N-dealkylation sites (tertiary alicyclic amines) is 1. The lowest BCUT2D eigenvalue weighted by molar-refractivity contribution is 0.169. The fourth-order valence-electron chi connectivity index (χ4n) is 3.18. The van der Waals surface area contributed by atoms with Crippen LogP contribution in [-0.2, 0) is 4.74 Å². The summed E-state index contributed by atoms with van der Waals surface area (Å²) >= 11 is 0. The SMILES string of the molecule is COCCCOc1ccccc1NC(=O)N(C)CC1CCCN(C)C1. The first-order valence-electron chi connectivity index (χ1n) is 9.01. The summed E-state index contributed by atoms with van der Waals surface area (Å²) in [4.78, 5) is 16.6. The highest BCUT2D eigenvalue weighted by Gasteiger charge is 2.21. The molecular weight excluding hydrogens is 318 g/mol. The fourth-order valence-corrected chi connectivity index (χ4v) is 3.18. The summed E-state index contributed by atoms with van der Waals surface area (Å²) in [6.07, 6.45) is 3.20. The Morgan fingerprint density at radius 1 is 1.36 bits per heavy atom. The molecule has 1 atom stereocenters. The van der Waals surface area contributed by atoms with Gasteiger partial charge in [-0.2, -0.15) is 0 Å². The molecule has 25 heavy (non-hydrogen) atoms. The van der Waals surface area contributed by atoms with Gasteiger partial charge in [-0.3, -0.25) is 0 Å². The van der Waals surface area contributed by atoms with Gasteiger partial charge in [-0.25, -0.2) is 4.79 Å². The molecule has 2 rings (SSSR count). The summed E-state index contributed by atoms with van der Waals surface area (Å²) in [6.45, 7) is 4.20. The normalized spacial score (nSPS) is 18.0. The van der Waals surface area contributed by atoms with E-state index in [-0.39, 0.29) is 6.03 Å². The molecule has 0 bridgehead atoms. The van der Waals surface area contributed by atoms with Gasteiger partial charge in [0.1, 0.15) is 5.75 Å². The van der Waals surface area contributed by atoms with Crippen molar-refractivity contribution in [2.75, 3.05) is 59.4 Å². The number of benzene rings is 1. The van der Waals surface area contributed by atoms with E-state index < -0.39 is 0 Å². The van der Waals surface area contributed by atoms with E-state index in [1.807, 2.05) is 31.3 Å². The molecule has 1 aliphatic rings. The number of para-hydroxylation sites is 2. The Labute approximate surface area is 151 Å². The van der Waals surface area contributed by atoms with Crippen LogP contribution in [0.4, 0.5) is 10.5 Å². The lowest BCUT2D eigenvalue weighted by Gasteiger charge is -2.32. The summed E-state index contributed by atoms with van der Waals surface area (Å²) < 4.78 is 10.8. The molecule has 0 saturated carbocycles. The number of carbonyl (C=O) groups is 1. The molecule has 1 saturated heterocycles. The first-order valence-corrected chi connectivity index (χ1v) is 9.01. The van der Waals surface area contributed by atoms with Gasteiger partial charge in [0.05, 0.1) is 12.3 Å². The Hall–Kier alpha value is -1.79. The number of hydrogen-bond donors (Lipinski definition) is 1. The van der Waals surface area contributed by atoms with Gasteiger partial charge in [0.25, 0.3) is 0 Å². The summed E-state index contributed by atoms with van der Waals surface area (Å²) in [7, 11) is 5.67. The zero-order valence-electron chi connectivity index (χ0n) is 15.7. The van der Waals surface area contributed by atoms with Crippen molar-refractivity contribution in [2.45, 2.75) is 19.3 Å². The third-order valence-corrected chi connectivity index (χ3v) is 4.48. The van der Waals surface area contributed by atoms with Crippen LogP contribution in [0.5, 0.6) is 5.75 Å². The minimum atomic E-state index is -0.0961. The third kappa shape index (κ3) is 6.55. The van der Waals surface area contributed by atoms with E-state index in [9.17, 15) is 4.79 Å². The molecular formula is C19H31N3O3. The number of anilines is 1. The lowest BCUT2D eigenvalue weighted by Crippen LogP contribution is -2.41. The van der Waals surface area contributed by atoms with Crippen molar-refractivity contribution in [3.05, 3.63) is 24.3 Å². The van der Waals surface area contributed by atoms with Crippen molar-refractivity contribution in [2.24, 2.45) is 5.92 Å². The van der Waals surface area contributed by atoms with Crippen molar-refractivity contribution in [3.8, 4) is 5.75 Å². The van der Waals surface area contributed by atoms with E-state index in [2.05, 4.69) is 17.3 Å². The zero-order valence-corrected chi connectivity index (χ0v) is 15.7. The quantitative estimate of drug-likeness (QED) is 0.733. The highest BCUT2D eigenvalue weighted by atomic mass is 16.5. The summed E-state index contributed by atoms with van der Waals surface area (Å²) in [5.41, 5.74) is 0.706. The molecule has 6 nitrogen and oxygen atoms in total. The largest absolute Gasteiger partial charge is 0.491 e. The lowest BCUT2D eigenvalue weighted by atomic mass is 9.98. The van der Waals surface area contributed by atoms with Gasteiger partial charge in [-0.05, 0) is 44.5 Å². The smallest absolute Gasteiger partial charge is 0.321 e. The Bertz CT molecular complexity index is 538. The van der Waals surface area contributed by atoms with Crippen molar-refractivity contribution in [1.29, 1.82) is 0 Å². The molecule has 0 radical (unpaired) electrons. The van der Waals surface area contributed by atoms with Crippen molar-refractivity contribution >= 4 is 11.7 Å². The Kier molecular flexibility index (Phi) is 8.01. The predicted octanol–water partition coefficient (Wildman–Crippen LogP) is 2.91. The number of carbonyl (C=O) groups excluding carboxylic acids is 1. The van der Waals surface area contributed by atoms with Gasteiger partial charge >= 0.3 is 6.03 Å². The standard InChI is InChI=1S/C19H31N3O3/c1-21-11-6-8-16(14-21)15-22(2)19(23)20-17-9-4-5-10-18(17)25-13-7-12-24-3/h4-5,9-10,16H,6-8,11-15H2,1-3H3,(H,20,23). The highest BCUT2D eigenvalue weighted by Crippen LogP contribution is 2.24. The van der Waals surface area contributed by atoms with Gasteiger partial charge in [0.15, 0.2) is 0 Å². The Morgan fingerprint density at radius 2 is 2.16 bits per heavy atom. The number of amides is 2.